The second-order valence-electron chi connectivity index (χ2n) is 5.49. The Labute approximate surface area is 145 Å². The Morgan fingerprint density at radius 1 is 1.20 bits per heavy atom. The molecular formula is C16H18N2O6S. The van der Waals surface area contributed by atoms with Gasteiger partial charge in [-0.05, 0) is 24.1 Å². The molecule has 25 heavy (non-hydrogen) atoms. The van der Waals surface area contributed by atoms with Crippen molar-refractivity contribution in [3.8, 4) is 0 Å². The molecule has 2 aromatic rings. The molecule has 0 bridgehead atoms. The molecule has 0 radical (unpaired) electrons. The molecule has 0 aliphatic heterocycles. The molecule has 1 heterocycles. The lowest BCUT2D eigenvalue weighted by Crippen LogP contribution is -2.21. The number of rotatable bonds is 7. The van der Waals surface area contributed by atoms with Crippen molar-refractivity contribution >= 4 is 27.6 Å². The Balaban J connectivity index is 2.05. The van der Waals surface area contributed by atoms with E-state index in [1.165, 1.54) is 14.1 Å². The molecule has 0 aliphatic carbocycles. The third-order valence-corrected chi connectivity index (χ3v) is 5.10. The molecule has 0 fully saturated rings. The normalized spacial score (nSPS) is 11.5. The number of furan rings is 1. The third kappa shape index (κ3) is 4.68. The Kier molecular flexibility index (Phi) is 5.60. The van der Waals surface area contributed by atoms with Crippen molar-refractivity contribution in [3.05, 3.63) is 47.7 Å². The van der Waals surface area contributed by atoms with Crippen LogP contribution in [0.3, 0.4) is 0 Å². The van der Waals surface area contributed by atoms with Crippen LogP contribution in [0.5, 0.6) is 0 Å². The number of aryl methyl sites for hydroxylation is 1. The van der Waals surface area contributed by atoms with Crippen LogP contribution in [0.2, 0.25) is 0 Å². The number of benzene rings is 1. The fraction of sp³-hybridized carbons (Fsp3) is 0.250. The summed E-state index contributed by atoms with van der Waals surface area (Å²) in [6.45, 7) is 0. The van der Waals surface area contributed by atoms with Crippen LogP contribution >= 0.6 is 0 Å². The topological polar surface area (TPSA) is 117 Å². The van der Waals surface area contributed by atoms with Gasteiger partial charge in [0.2, 0.25) is 5.09 Å². The van der Waals surface area contributed by atoms with Gasteiger partial charge in [0.15, 0.2) is 0 Å². The van der Waals surface area contributed by atoms with Gasteiger partial charge in [-0.3, -0.25) is 9.59 Å². The summed E-state index contributed by atoms with van der Waals surface area (Å²) in [6.07, 6.45) is 1.51. The van der Waals surface area contributed by atoms with Crippen LogP contribution in [-0.4, -0.2) is 43.8 Å². The van der Waals surface area contributed by atoms with Gasteiger partial charge in [0, 0.05) is 32.3 Å². The minimum Gasteiger partial charge on any atom is -0.481 e. The Morgan fingerprint density at radius 2 is 1.84 bits per heavy atom. The number of aliphatic carboxylic acids is 1. The van der Waals surface area contributed by atoms with Gasteiger partial charge in [-0.1, -0.05) is 12.1 Å². The lowest BCUT2D eigenvalue weighted by Gasteiger charge is -2.07. The minimum absolute atomic E-state index is 0.0316. The molecule has 0 aliphatic rings. The highest BCUT2D eigenvalue weighted by molar-refractivity contribution is 7.88. The van der Waals surface area contributed by atoms with Crippen LogP contribution in [0, 0.1) is 0 Å². The van der Waals surface area contributed by atoms with Gasteiger partial charge in [0.05, 0.1) is 5.56 Å². The highest BCUT2D eigenvalue weighted by Gasteiger charge is 2.23. The van der Waals surface area contributed by atoms with Gasteiger partial charge in [0.1, 0.15) is 6.26 Å². The second kappa shape index (κ2) is 7.49. The zero-order valence-corrected chi connectivity index (χ0v) is 14.5. The predicted molar refractivity (Wildman–Crippen MR) is 89.9 cm³/mol. The molecule has 9 heteroatoms. The van der Waals surface area contributed by atoms with Crippen molar-refractivity contribution in [2.24, 2.45) is 0 Å². The van der Waals surface area contributed by atoms with Crippen molar-refractivity contribution in [1.82, 2.24) is 4.31 Å². The summed E-state index contributed by atoms with van der Waals surface area (Å²) in [5, 5.41) is 11.0. The molecule has 0 spiro atoms. The van der Waals surface area contributed by atoms with Gasteiger partial charge in [-0.15, -0.1) is 0 Å². The third-order valence-electron chi connectivity index (χ3n) is 3.41. The number of carboxylic acids is 1. The summed E-state index contributed by atoms with van der Waals surface area (Å²) >= 11 is 0. The van der Waals surface area contributed by atoms with Gasteiger partial charge >= 0.3 is 5.97 Å². The van der Waals surface area contributed by atoms with Crippen molar-refractivity contribution < 1.29 is 27.5 Å². The first kappa shape index (κ1) is 18.7. The van der Waals surface area contributed by atoms with Crippen LogP contribution in [-0.2, 0) is 21.2 Å². The second-order valence-corrected chi connectivity index (χ2v) is 7.57. The molecule has 1 amide bonds. The maximum Gasteiger partial charge on any atom is 0.303 e. The smallest absolute Gasteiger partial charge is 0.303 e. The fourth-order valence-corrected chi connectivity index (χ4v) is 2.77. The number of carbonyl (C=O) groups excluding carboxylic acids is 1. The number of nitrogens with zero attached hydrogens (tertiary/aromatic N) is 1. The molecular weight excluding hydrogens is 348 g/mol. The minimum atomic E-state index is -3.74. The lowest BCUT2D eigenvalue weighted by molar-refractivity contribution is -0.136. The van der Waals surface area contributed by atoms with Crippen LogP contribution in [0.1, 0.15) is 22.3 Å². The zero-order valence-electron chi connectivity index (χ0n) is 13.7. The molecule has 2 N–H and O–H groups in total. The van der Waals surface area contributed by atoms with Crippen molar-refractivity contribution in [2.45, 2.75) is 17.9 Å². The summed E-state index contributed by atoms with van der Waals surface area (Å²) in [7, 11) is -1.01. The predicted octanol–water partition coefficient (Wildman–Crippen LogP) is 1.80. The van der Waals surface area contributed by atoms with Crippen molar-refractivity contribution in [1.29, 1.82) is 0 Å². The van der Waals surface area contributed by atoms with E-state index < -0.39 is 21.9 Å². The van der Waals surface area contributed by atoms with E-state index in [4.69, 9.17) is 9.52 Å². The number of sulfonamides is 1. The lowest BCUT2D eigenvalue weighted by atomic mass is 10.1. The van der Waals surface area contributed by atoms with E-state index in [0.29, 0.717) is 12.1 Å². The number of carbonyl (C=O) groups is 2. The quantitative estimate of drug-likeness (QED) is 0.772. The molecule has 1 aromatic carbocycles. The highest BCUT2D eigenvalue weighted by Crippen LogP contribution is 2.18. The fourth-order valence-electron chi connectivity index (χ4n) is 1.96. The number of amides is 1. The molecule has 0 saturated heterocycles. The van der Waals surface area contributed by atoms with E-state index in [-0.39, 0.29) is 17.1 Å². The van der Waals surface area contributed by atoms with Gasteiger partial charge in [-0.2, -0.15) is 0 Å². The average molecular weight is 366 g/mol. The molecule has 8 nitrogen and oxygen atoms in total. The maximum atomic E-state index is 12.2. The Bertz CT molecular complexity index is 868. The summed E-state index contributed by atoms with van der Waals surface area (Å²) < 4.78 is 29.8. The first-order chi connectivity index (χ1) is 11.7. The van der Waals surface area contributed by atoms with E-state index >= 15 is 0 Å². The molecule has 2 rings (SSSR count). The van der Waals surface area contributed by atoms with Gasteiger partial charge in [0.25, 0.3) is 15.9 Å². The zero-order chi connectivity index (χ0) is 18.6. The van der Waals surface area contributed by atoms with E-state index in [9.17, 15) is 18.0 Å². The highest BCUT2D eigenvalue weighted by atomic mass is 32.2. The number of nitrogens with one attached hydrogen (secondary N) is 1. The maximum absolute atomic E-state index is 12.2. The number of hydrogen-bond acceptors (Lipinski definition) is 5. The number of hydrogen-bond donors (Lipinski definition) is 2. The number of carboxylic acid groups (broad SMARTS) is 1. The van der Waals surface area contributed by atoms with Gasteiger partial charge < -0.3 is 14.8 Å². The molecule has 1 aromatic heterocycles. The van der Waals surface area contributed by atoms with Crippen molar-refractivity contribution in [2.75, 3.05) is 19.4 Å². The van der Waals surface area contributed by atoms with E-state index in [2.05, 4.69) is 5.32 Å². The first-order valence-electron chi connectivity index (χ1n) is 7.33. The van der Waals surface area contributed by atoms with Crippen LogP contribution in [0.15, 0.2) is 46.1 Å². The van der Waals surface area contributed by atoms with Crippen molar-refractivity contribution in [3.63, 3.8) is 0 Å². The Hall–Kier alpha value is -2.65. The average Bonchev–Trinajstić information content (AvgIpc) is 3.05. The first-order valence-corrected chi connectivity index (χ1v) is 8.77. The Morgan fingerprint density at radius 3 is 2.40 bits per heavy atom. The molecule has 0 saturated carbocycles. The SMILES string of the molecule is CN(C)S(=O)(=O)c1cc(C(=O)Nc2ccc(CCC(=O)O)cc2)co1. The van der Waals surface area contributed by atoms with E-state index in [0.717, 1.165) is 22.2 Å². The summed E-state index contributed by atoms with van der Waals surface area (Å²) in [5.74, 6) is -1.39. The standard InChI is InChI=1S/C16H18N2O6S/c1-18(2)25(22,23)15-9-12(10-24-15)16(21)17-13-6-3-11(4-7-13)5-8-14(19)20/h3-4,6-7,9-10H,5,8H2,1-2H3,(H,17,21)(H,19,20). The summed E-state index contributed by atoms with van der Waals surface area (Å²) in [6, 6.07) is 7.89. The van der Waals surface area contributed by atoms with Gasteiger partial charge in [-0.25, -0.2) is 12.7 Å². The molecule has 0 unspecified atom stereocenters. The largest absolute Gasteiger partial charge is 0.481 e. The van der Waals surface area contributed by atoms with Crippen LogP contribution < -0.4 is 5.32 Å². The van der Waals surface area contributed by atoms with E-state index in [1.54, 1.807) is 24.3 Å². The summed E-state index contributed by atoms with van der Waals surface area (Å²) in [4.78, 5) is 22.7. The van der Waals surface area contributed by atoms with E-state index in [1.807, 2.05) is 0 Å². The molecule has 134 valence electrons. The van der Waals surface area contributed by atoms with Crippen LogP contribution in [0.4, 0.5) is 5.69 Å². The summed E-state index contributed by atoms with van der Waals surface area (Å²) in [5.41, 5.74) is 1.42. The monoisotopic (exact) mass is 366 g/mol. The number of anilines is 1. The molecule has 0 atom stereocenters. The van der Waals surface area contributed by atoms with Crippen LogP contribution in [0.25, 0.3) is 0 Å².